The maximum atomic E-state index is 12.7. The number of hydrogen-bond acceptors (Lipinski definition) is 4. The standard InChI is InChI=1S/C16H16ClF3N4/c1-2-21-15-23-13(9-3-4-9)8-14(24-15)22-12-6-5-10(7-11(12)17)16(18,19)20/h5-9H,2-4H2,1H3,(H2,21,22,23,24). The first-order chi connectivity index (χ1) is 11.4. The molecule has 4 nitrogen and oxygen atoms in total. The van der Waals surface area contributed by atoms with Gasteiger partial charge in [0.25, 0.3) is 0 Å². The predicted octanol–water partition coefficient (Wildman–Crippen LogP) is 5.20. The van der Waals surface area contributed by atoms with Gasteiger partial charge < -0.3 is 10.6 Å². The first-order valence-electron chi connectivity index (χ1n) is 7.63. The molecule has 3 rings (SSSR count). The van der Waals surface area contributed by atoms with Gasteiger partial charge in [-0.2, -0.15) is 18.2 Å². The Balaban J connectivity index is 1.87. The molecule has 0 bridgehead atoms. The Hall–Kier alpha value is -2.02. The van der Waals surface area contributed by atoms with Crippen molar-refractivity contribution in [2.75, 3.05) is 17.2 Å². The quantitative estimate of drug-likeness (QED) is 0.773. The van der Waals surface area contributed by atoms with Gasteiger partial charge in [0.2, 0.25) is 5.95 Å². The largest absolute Gasteiger partial charge is 0.416 e. The lowest BCUT2D eigenvalue weighted by atomic mass is 10.2. The summed E-state index contributed by atoms with van der Waals surface area (Å²) in [5, 5.41) is 6.03. The van der Waals surface area contributed by atoms with Crippen molar-refractivity contribution in [3.05, 3.63) is 40.5 Å². The SMILES string of the molecule is CCNc1nc(Nc2ccc(C(F)(F)F)cc2Cl)cc(C2CC2)n1. The second kappa shape index (κ2) is 6.47. The van der Waals surface area contributed by atoms with E-state index in [1.165, 1.54) is 6.07 Å². The highest BCUT2D eigenvalue weighted by molar-refractivity contribution is 6.33. The molecule has 0 amide bonds. The number of rotatable bonds is 5. The van der Waals surface area contributed by atoms with Crippen molar-refractivity contribution in [3.8, 4) is 0 Å². The Morgan fingerprint density at radius 3 is 2.54 bits per heavy atom. The van der Waals surface area contributed by atoms with Crippen molar-refractivity contribution >= 4 is 29.1 Å². The average molecular weight is 357 g/mol. The molecule has 0 unspecified atom stereocenters. The van der Waals surface area contributed by atoms with Gasteiger partial charge in [-0.1, -0.05) is 11.6 Å². The highest BCUT2D eigenvalue weighted by atomic mass is 35.5. The van der Waals surface area contributed by atoms with E-state index >= 15 is 0 Å². The molecule has 1 aromatic carbocycles. The van der Waals surface area contributed by atoms with Gasteiger partial charge >= 0.3 is 6.18 Å². The lowest BCUT2D eigenvalue weighted by Gasteiger charge is -2.13. The molecule has 128 valence electrons. The van der Waals surface area contributed by atoms with Crippen LogP contribution >= 0.6 is 11.6 Å². The van der Waals surface area contributed by atoms with Crippen molar-refractivity contribution in [2.45, 2.75) is 31.9 Å². The van der Waals surface area contributed by atoms with Gasteiger partial charge in [0.15, 0.2) is 0 Å². The molecule has 2 aromatic rings. The van der Waals surface area contributed by atoms with Crippen LogP contribution < -0.4 is 10.6 Å². The molecule has 0 atom stereocenters. The molecular weight excluding hydrogens is 341 g/mol. The molecule has 8 heteroatoms. The van der Waals surface area contributed by atoms with Crippen LogP contribution in [0.2, 0.25) is 5.02 Å². The number of anilines is 3. The minimum absolute atomic E-state index is 0.0126. The maximum absolute atomic E-state index is 12.7. The van der Waals surface area contributed by atoms with Gasteiger partial charge in [-0.15, -0.1) is 0 Å². The third-order valence-corrected chi connectivity index (χ3v) is 3.95. The Kier molecular flexibility index (Phi) is 4.54. The predicted molar refractivity (Wildman–Crippen MR) is 87.9 cm³/mol. The molecule has 1 heterocycles. The average Bonchev–Trinajstić information content (AvgIpc) is 3.33. The van der Waals surface area contributed by atoms with Crippen LogP contribution in [0, 0.1) is 0 Å². The molecule has 1 aliphatic rings. The summed E-state index contributed by atoms with van der Waals surface area (Å²) in [5.74, 6) is 1.42. The lowest BCUT2D eigenvalue weighted by Crippen LogP contribution is -2.07. The molecular formula is C16H16ClF3N4. The summed E-state index contributed by atoms with van der Waals surface area (Å²) in [4.78, 5) is 8.78. The van der Waals surface area contributed by atoms with Crippen LogP contribution in [-0.2, 0) is 6.18 Å². The zero-order valence-electron chi connectivity index (χ0n) is 12.9. The molecule has 1 fully saturated rings. The number of nitrogens with zero attached hydrogens (tertiary/aromatic N) is 2. The molecule has 2 N–H and O–H groups in total. The summed E-state index contributed by atoms with van der Waals surface area (Å²) in [6.07, 6.45) is -2.25. The van der Waals surface area contributed by atoms with E-state index in [2.05, 4.69) is 20.6 Å². The third kappa shape index (κ3) is 3.90. The first-order valence-corrected chi connectivity index (χ1v) is 8.01. The van der Waals surface area contributed by atoms with Gasteiger partial charge in [-0.05, 0) is 38.0 Å². The van der Waals surface area contributed by atoms with Crippen LogP contribution in [0.25, 0.3) is 0 Å². The summed E-state index contributed by atoms with van der Waals surface area (Å²) >= 11 is 5.98. The molecule has 24 heavy (non-hydrogen) atoms. The number of hydrogen-bond donors (Lipinski definition) is 2. The number of halogens is 4. The minimum Gasteiger partial charge on any atom is -0.354 e. The second-order valence-corrected chi connectivity index (χ2v) is 6.03. The van der Waals surface area contributed by atoms with Crippen molar-refractivity contribution < 1.29 is 13.2 Å². The monoisotopic (exact) mass is 356 g/mol. The first kappa shape index (κ1) is 16.8. The summed E-state index contributed by atoms with van der Waals surface area (Å²) in [6.45, 7) is 2.61. The van der Waals surface area contributed by atoms with E-state index < -0.39 is 11.7 Å². The minimum atomic E-state index is -4.42. The zero-order valence-corrected chi connectivity index (χ0v) is 13.7. The van der Waals surface area contributed by atoms with Gasteiger partial charge in [0.1, 0.15) is 5.82 Å². The van der Waals surface area contributed by atoms with E-state index in [0.29, 0.717) is 29.9 Å². The molecule has 1 aliphatic carbocycles. The van der Waals surface area contributed by atoms with E-state index in [0.717, 1.165) is 30.7 Å². The summed E-state index contributed by atoms with van der Waals surface area (Å²) in [6, 6.07) is 5.00. The third-order valence-electron chi connectivity index (χ3n) is 3.64. The molecule has 0 saturated heterocycles. The Morgan fingerprint density at radius 1 is 1.21 bits per heavy atom. The van der Waals surface area contributed by atoms with Gasteiger partial charge in [-0.25, -0.2) is 4.98 Å². The Bertz CT molecular complexity index is 745. The van der Waals surface area contributed by atoms with E-state index in [-0.39, 0.29) is 5.02 Å². The number of nitrogens with one attached hydrogen (secondary N) is 2. The lowest BCUT2D eigenvalue weighted by molar-refractivity contribution is -0.137. The van der Waals surface area contributed by atoms with Gasteiger partial charge in [0.05, 0.1) is 22.0 Å². The second-order valence-electron chi connectivity index (χ2n) is 5.62. The normalized spacial score (nSPS) is 14.5. The number of benzene rings is 1. The van der Waals surface area contributed by atoms with E-state index in [1.54, 1.807) is 0 Å². The fourth-order valence-corrected chi connectivity index (χ4v) is 2.51. The van der Waals surface area contributed by atoms with E-state index in [1.807, 2.05) is 13.0 Å². The van der Waals surface area contributed by atoms with Crippen LogP contribution in [0.3, 0.4) is 0 Å². The molecule has 0 radical (unpaired) electrons. The van der Waals surface area contributed by atoms with Crippen LogP contribution in [-0.4, -0.2) is 16.5 Å². The van der Waals surface area contributed by atoms with Crippen LogP contribution in [0.5, 0.6) is 0 Å². The van der Waals surface area contributed by atoms with Crippen LogP contribution in [0.15, 0.2) is 24.3 Å². The molecule has 1 aromatic heterocycles. The Labute approximate surface area is 142 Å². The fraction of sp³-hybridized carbons (Fsp3) is 0.375. The number of aromatic nitrogens is 2. The molecule has 0 aliphatic heterocycles. The van der Waals surface area contributed by atoms with E-state index in [4.69, 9.17) is 11.6 Å². The smallest absolute Gasteiger partial charge is 0.354 e. The maximum Gasteiger partial charge on any atom is 0.416 e. The fourth-order valence-electron chi connectivity index (χ4n) is 2.29. The topological polar surface area (TPSA) is 49.8 Å². The summed E-state index contributed by atoms with van der Waals surface area (Å²) in [7, 11) is 0. The van der Waals surface area contributed by atoms with Crippen molar-refractivity contribution in [2.24, 2.45) is 0 Å². The highest BCUT2D eigenvalue weighted by Crippen LogP contribution is 2.40. The van der Waals surface area contributed by atoms with Crippen LogP contribution in [0.1, 0.15) is 36.9 Å². The highest BCUT2D eigenvalue weighted by Gasteiger charge is 2.31. The Morgan fingerprint density at radius 2 is 1.96 bits per heavy atom. The van der Waals surface area contributed by atoms with Gasteiger partial charge in [0, 0.05) is 18.5 Å². The van der Waals surface area contributed by atoms with Crippen molar-refractivity contribution in [1.82, 2.24) is 9.97 Å². The van der Waals surface area contributed by atoms with Crippen LogP contribution in [0.4, 0.5) is 30.6 Å². The van der Waals surface area contributed by atoms with Gasteiger partial charge in [-0.3, -0.25) is 0 Å². The molecule has 0 spiro atoms. The zero-order chi connectivity index (χ0) is 17.3. The number of alkyl halides is 3. The summed E-state index contributed by atoms with van der Waals surface area (Å²) in [5.41, 5.74) is 0.506. The van der Waals surface area contributed by atoms with Crippen molar-refractivity contribution in [1.29, 1.82) is 0 Å². The summed E-state index contributed by atoms with van der Waals surface area (Å²) < 4.78 is 38.1. The molecule has 1 saturated carbocycles. The van der Waals surface area contributed by atoms with E-state index in [9.17, 15) is 13.2 Å². The van der Waals surface area contributed by atoms with Crippen molar-refractivity contribution in [3.63, 3.8) is 0 Å².